The largest absolute Gasteiger partial charge is 0.351 e. The number of imidazole rings is 1. The molecule has 41 heavy (non-hydrogen) atoms. The van der Waals surface area contributed by atoms with E-state index in [1.54, 1.807) is 30.5 Å². The lowest BCUT2D eigenvalue weighted by atomic mass is 9.92. The van der Waals surface area contributed by atoms with Crippen molar-refractivity contribution >= 4 is 11.9 Å². The quantitative estimate of drug-likeness (QED) is 0.325. The zero-order valence-electron chi connectivity index (χ0n) is 23.0. The first-order valence-electron chi connectivity index (χ1n) is 14.0. The number of aromatic amines is 1. The van der Waals surface area contributed by atoms with Gasteiger partial charge >= 0.3 is 0 Å². The summed E-state index contributed by atoms with van der Waals surface area (Å²) >= 11 is 0. The molecule has 2 fully saturated rings. The summed E-state index contributed by atoms with van der Waals surface area (Å²) in [7, 11) is 0. The average molecular weight is 557 g/mol. The van der Waals surface area contributed by atoms with Crippen LogP contribution in [0.1, 0.15) is 48.7 Å². The van der Waals surface area contributed by atoms with E-state index in [1.165, 1.54) is 18.6 Å². The highest BCUT2D eigenvalue weighted by Crippen LogP contribution is 2.35. The summed E-state index contributed by atoms with van der Waals surface area (Å²) < 4.78 is 26.0. The second-order valence-electron chi connectivity index (χ2n) is 11.0. The number of nitrogens with one attached hydrogen (secondary N) is 2. The van der Waals surface area contributed by atoms with Gasteiger partial charge in [-0.15, -0.1) is 0 Å². The minimum Gasteiger partial charge on any atom is -0.351 e. The Balaban J connectivity index is 1.21. The number of anilines is 1. The van der Waals surface area contributed by atoms with Crippen molar-refractivity contribution < 1.29 is 18.7 Å². The van der Waals surface area contributed by atoms with Gasteiger partial charge in [0.15, 0.2) is 5.82 Å². The molecule has 212 valence electrons. The van der Waals surface area contributed by atoms with Gasteiger partial charge in [-0.1, -0.05) is 25.1 Å². The smallest absolute Gasteiger partial charge is 0.251 e. The Morgan fingerprint density at radius 3 is 2.49 bits per heavy atom. The van der Waals surface area contributed by atoms with Gasteiger partial charge in [-0.25, -0.2) is 19.3 Å². The van der Waals surface area contributed by atoms with E-state index >= 15 is 0 Å². The van der Waals surface area contributed by atoms with Gasteiger partial charge in [0.1, 0.15) is 5.82 Å². The predicted molar refractivity (Wildman–Crippen MR) is 153 cm³/mol. The minimum absolute atomic E-state index is 0.137. The number of amides is 1. The number of H-pyrrole nitrogens is 1. The summed E-state index contributed by atoms with van der Waals surface area (Å²) in [5.74, 6) is 0.718. The molecule has 4 aromatic rings. The summed E-state index contributed by atoms with van der Waals surface area (Å²) in [4.78, 5) is 32.3. The van der Waals surface area contributed by atoms with Gasteiger partial charge in [-0.05, 0) is 61.7 Å². The van der Waals surface area contributed by atoms with E-state index < -0.39 is 11.7 Å². The third kappa shape index (κ3) is 6.13. The van der Waals surface area contributed by atoms with Crippen LogP contribution in [0.25, 0.3) is 22.6 Å². The molecule has 0 saturated carbocycles. The molecule has 2 aromatic carbocycles. The van der Waals surface area contributed by atoms with Crippen molar-refractivity contribution in [2.24, 2.45) is 5.41 Å². The Morgan fingerprint density at radius 1 is 1.02 bits per heavy atom. The van der Waals surface area contributed by atoms with E-state index in [4.69, 9.17) is 19.4 Å². The maximum Gasteiger partial charge on any atom is 0.251 e. The van der Waals surface area contributed by atoms with Gasteiger partial charge in [-0.2, -0.15) is 0 Å². The molecule has 2 N–H and O–H groups in total. The molecule has 4 heterocycles. The van der Waals surface area contributed by atoms with Crippen LogP contribution in [-0.2, 0) is 9.47 Å². The molecule has 0 spiro atoms. The fraction of sp³-hybridized carbons (Fsp3) is 0.355. The fourth-order valence-electron chi connectivity index (χ4n) is 5.13. The zero-order valence-corrected chi connectivity index (χ0v) is 23.0. The fourth-order valence-corrected chi connectivity index (χ4v) is 5.13. The Labute approximate surface area is 238 Å². The van der Waals surface area contributed by atoms with Gasteiger partial charge in [-0.3, -0.25) is 4.79 Å². The number of rotatable bonds is 7. The molecule has 0 bridgehead atoms. The molecular weight excluding hydrogens is 523 g/mol. The SMILES string of the molecule is CC1(CNC(=O)c2ccccc2)COC(c2nc(-c3ccc(F)cc3)c(-c3ccnc(N4CCCCC4)n3)[nH]2)OC1. The van der Waals surface area contributed by atoms with Crippen LogP contribution in [0.2, 0.25) is 0 Å². The topological polar surface area (TPSA) is 105 Å². The van der Waals surface area contributed by atoms with Gasteiger partial charge in [0.05, 0.1) is 30.3 Å². The van der Waals surface area contributed by atoms with Crippen LogP contribution < -0.4 is 10.2 Å². The Hall–Kier alpha value is -4.15. The average Bonchev–Trinajstić information content (AvgIpc) is 3.47. The number of hydrogen-bond acceptors (Lipinski definition) is 7. The van der Waals surface area contributed by atoms with E-state index in [0.717, 1.165) is 31.5 Å². The molecule has 2 aromatic heterocycles. The third-order valence-electron chi connectivity index (χ3n) is 7.48. The van der Waals surface area contributed by atoms with Crippen LogP contribution >= 0.6 is 0 Å². The Kier molecular flexibility index (Phi) is 7.76. The number of piperidine rings is 1. The van der Waals surface area contributed by atoms with Crippen LogP contribution in [0.3, 0.4) is 0 Å². The standard InChI is InChI=1S/C31H33FN6O3/c1-31(18-34-28(39)22-8-4-2-5-9-22)19-40-29(41-20-31)27-36-25(21-10-12-23(32)13-11-21)26(37-27)24-14-15-33-30(35-24)38-16-6-3-7-17-38/h2,4-5,8-15,29H,3,6-7,16-20H2,1H3,(H,34,39)(H,36,37). The molecule has 2 saturated heterocycles. The molecule has 6 rings (SSSR count). The highest BCUT2D eigenvalue weighted by Gasteiger charge is 2.35. The number of aromatic nitrogens is 4. The van der Waals surface area contributed by atoms with Crippen molar-refractivity contribution in [1.82, 2.24) is 25.3 Å². The maximum absolute atomic E-state index is 13.7. The highest BCUT2D eigenvalue weighted by molar-refractivity contribution is 5.94. The molecule has 9 nitrogen and oxygen atoms in total. The van der Waals surface area contributed by atoms with Crippen molar-refractivity contribution in [1.29, 1.82) is 0 Å². The second kappa shape index (κ2) is 11.8. The minimum atomic E-state index is -0.732. The summed E-state index contributed by atoms with van der Waals surface area (Å²) in [5.41, 5.74) is 2.93. The number of hydrogen-bond donors (Lipinski definition) is 2. The summed E-state index contributed by atoms with van der Waals surface area (Å²) in [6.45, 7) is 4.99. The van der Waals surface area contributed by atoms with Crippen LogP contribution in [-0.4, -0.2) is 58.7 Å². The first-order chi connectivity index (χ1) is 20.0. The van der Waals surface area contributed by atoms with Crippen LogP contribution in [0.15, 0.2) is 66.9 Å². The van der Waals surface area contributed by atoms with Crippen molar-refractivity contribution in [3.8, 4) is 22.6 Å². The van der Waals surface area contributed by atoms with E-state index in [2.05, 4.69) is 20.2 Å². The van der Waals surface area contributed by atoms with Crippen LogP contribution in [0.4, 0.5) is 10.3 Å². The summed E-state index contributed by atoms with van der Waals surface area (Å²) in [6.07, 6.45) is 4.48. The summed E-state index contributed by atoms with van der Waals surface area (Å²) in [5, 5.41) is 2.99. The van der Waals surface area contributed by atoms with Crippen molar-refractivity contribution in [3.05, 3.63) is 84.1 Å². The van der Waals surface area contributed by atoms with Crippen molar-refractivity contribution in [2.75, 3.05) is 37.7 Å². The number of carbonyl (C=O) groups is 1. The van der Waals surface area contributed by atoms with E-state index in [-0.39, 0.29) is 11.7 Å². The van der Waals surface area contributed by atoms with E-state index in [1.807, 2.05) is 31.2 Å². The number of ether oxygens (including phenoxy) is 2. The van der Waals surface area contributed by atoms with Crippen LogP contribution in [0, 0.1) is 11.2 Å². The Bertz CT molecular complexity index is 1480. The molecule has 0 radical (unpaired) electrons. The number of nitrogens with zero attached hydrogens (tertiary/aromatic N) is 4. The van der Waals surface area contributed by atoms with Crippen molar-refractivity contribution in [2.45, 2.75) is 32.5 Å². The van der Waals surface area contributed by atoms with Gasteiger partial charge < -0.3 is 24.7 Å². The first-order valence-corrected chi connectivity index (χ1v) is 14.0. The normalized spacial score (nSPS) is 21.0. The monoisotopic (exact) mass is 556 g/mol. The molecular formula is C31H33FN6O3. The number of halogens is 1. The van der Waals surface area contributed by atoms with Gasteiger partial charge in [0.2, 0.25) is 12.2 Å². The zero-order chi connectivity index (χ0) is 28.2. The lowest BCUT2D eigenvalue weighted by molar-refractivity contribution is -0.231. The van der Waals surface area contributed by atoms with E-state index in [0.29, 0.717) is 54.2 Å². The lowest BCUT2D eigenvalue weighted by Gasteiger charge is -2.36. The van der Waals surface area contributed by atoms with Crippen LogP contribution in [0.5, 0.6) is 0 Å². The maximum atomic E-state index is 13.7. The predicted octanol–water partition coefficient (Wildman–Crippen LogP) is 5.14. The lowest BCUT2D eigenvalue weighted by Crippen LogP contribution is -2.45. The molecule has 10 heteroatoms. The number of benzene rings is 2. The Morgan fingerprint density at radius 2 is 1.76 bits per heavy atom. The molecule has 0 atom stereocenters. The highest BCUT2D eigenvalue weighted by atomic mass is 19.1. The van der Waals surface area contributed by atoms with E-state index in [9.17, 15) is 9.18 Å². The number of carbonyl (C=O) groups excluding carboxylic acids is 1. The first kappa shape index (κ1) is 27.0. The molecule has 2 aliphatic rings. The molecule has 0 aliphatic carbocycles. The molecule has 1 amide bonds. The van der Waals surface area contributed by atoms with Gasteiger partial charge in [0, 0.05) is 42.4 Å². The molecule has 2 aliphatic heterocycles. The van der Waals surface area contributed by atoms with Crippen molar-refractivity contribution in [3.63, 3.8) is 0 Å². The second-order valence-corrected chi connectivity index (χ2v) is 11.0. The summed E-state index contributed by atoms with van der Waals surface area (Å²) in [6, 6.07) is 17.2. The van der Waals surface area contributed by atoms with Gasteiger partial charge in [0.25, 0.3) is 5.91 Å². The molecule has 0 unspecified atom stereocenters. The third-order valence-corrected chi connectivity index (χ3v) is 7.48.